The Hall–Kier alpha value is -2.82. The van der Waals surface area contributed by atoms with Gasteiger partial charge in [0.25, 0.3) is 0 Å². The van der Waals surface area contributed by atoms with E-state index in [2.05, 4.69) is 5.32 Å². The molecule has 2 aliphatic heterocycles. The molecule has 0 radical (unpaired) electrons. The number of fused-ring (bicyclic) bond motifs is 3. The predicted molar refractivity (Wildman–Crippen MR) is 99.5 cm³/mol. The van der Waals surface area contributed by atoms with E-state index in [0.717, 1.165) is 11.3 Å². The maximum absolute atomic E-state index is 15.5. The first-order valence-corrected chi connectivity index (χ1v) is 8.60. The largest absolute Gasteiger partial charge is 0.497 e. The fourth-order valence-corrected chi connectivity index (χ4v) is 3.73. The maximum Gasteiger partial charge on any atom is 0.229 e. The number of ether oxygens (including phenoxy) is 1. The second kappa shape index (κ2) is 5.59. The minimum absolute atomic E-state index is 0.174. The molecule has 134 valence electrons. The van der Waals surface area contributed by atoms with Crippen LogP contribution in [0.5, 0.6) is 5.75 Å². The van der Waals surface area contributed by atoms with E-state index in [1.54, 1.807) is 7.11 Å². The van der Waals surface area contributed by atoms with Crippen molar-refractivity contribution in [3.8, 4) is 5.75 Å². The molecule has 26 heavy (non-hydrogen) atoms. The van der Waals surface area contributed by atoms with Crippen LogP contribution in [0.4, 0.5) is 10.1 Å². The van der Waals surface area contributed by atoms with Gasteiger partial charge in [0.2, 0.25) is 5.91 Å². The molecule has 1 N–H and O–H groups in total. The summed E-state index contributed by atoms with van der Waals surface area (Å²) in [7, 11) is 1.60. The number of nitrogens with zero attached hydrogens (tertiary/aromatic N) is 1. The molecular weight excluding hydrogens is 331 g/mol. The summed E-state index contributed by atoms with van der Waals surface area (Å²) in [5.74, 6) is 0.119. The highest BCUT2D eigenvalue weighted by Crippen LogP contribution is 2.49. The normalized spacial score (nSPS) is 23.5. The molecule has 2 aromatic rings. The highest BCUT2D eigenvalue weighted by Gasteiger charge is 2.54. The number of carbonyl (C=O) groups is 1. The standard InChI is InChI=1S/C21H21FN2O2/c1-20(2)13-24-17-12-16(26-3)10-9-14(17)11-18(22)21(24,23-19(20)25)15-7-5-4-6-8-15/h4-12H,13H2,1-3H3,(H,23,25). The zero-order valence-corrected chi connectivity index (χ0v) is 15.0. The van der Waals surface area contributed by atoms with E-state index in [4.69, 9.17) is 4.74 Å². The number of nitrogens with one attached hydrogen (secondary N) is 1. The summed E-state index contributed by atoms with van der Waals surface area (Å²) in [6, 6.07) is 14.8. The lowest BCUT2D eigenvalue weighted by Gasteiger charge is -2.54. The van der Waals surface area contributed by atoms with Crippen LogP contribution in [-0.2, 0) is 10.5 Å². The number of rotatable bonds is 2. The van der Waals surface area contributed by atoms with Gasteiger partial charge in [0.15, 0.2) is 11.5 Å². The van der Waals surface area contributed by atoms with Crippen LogP contribution in [0.15, 0.2) is 54.4 Å². The Morgan fingerprint density at radius 1 is 1.15 bits per heavy atom. The molecular formula is C21H21FN2O2. The van der Waals surface area contributed by atoms with E-state index >= 15 is 4.39 Å². The van der Waals surface area contributed by atoms with Crippen molar-refractivity contribution in [2.75, 3.05) is 18.6 Å². The summed E-state index contributed by atoms with van der Waals surface area (Å²) in [5, 5.41) is 2.97. The SMILES string of the molecule is COc1ccc2c(c1)N1CC(C)(C)C(=O)NC1(c1ccccc1)C(F)=C2. The fraction of sp³-hybridized carbons (Fsp3) is 0.286. The predicted octanol–water partition coefficient (Wildman–Crippen LogP) is 3.83. The van der Waals surface area contributed by atoms with Crippen molar-refractivity contribution in [2.45, 2.75) is 19.5 Å². The zero-order valence-electron chi connectivity index (χ0n) is 15.0. The highest BCUT2D eigenvalue weighted by atomic mass is 19.1. The first kappa shape index (κ1) is 16.6. The van der Waals surface area contributed by atoms with Crippen LogP contribution in [0, 0.1) is 5.41 Å². The van der Waals surface area contributed by atoms with E-state index < -0.39 is 16.9 Å². The van der Waals surface area contributed by atoms with Crippen molar-refractivity contribution in [1.29, 1.82) is 0 Å². The van der Waals surface area contributed by atoms with Crippen molar-refractivity contribution in [2.24, 2.45) is 5.41 Å². The van der Waals surface area contributed by atoms with Crippen LogP contribution >= 0.6 is 0 Å². The van der Waals surface area contributed by atoms with Gasteiger partial charge in [-0.1, -0.05) is 30.3 Å². The third-order valence-corrected chi connectivity index (χ3v) is 5.22. The minimum atomic E-state index is -1.34. The van der Waals surface area contributed by atoms with E-state index in [1.807, 2.05) is 67.3 Å². The Balaban J connectivity index is 1.99. The van der Waals surface area contributed by atoms with Gasteiger partial charge in [-0.15, -0.1) is 0 Å². The molecule has 5 heteroatoms. The third kappa shape index (κ3) is 2.23. The molecule has 4 nitrogen and oxygen atoms in total. The minimum Gasteiger partial charge on any atom is -0.497 e. The van der Waals surface area contributed by atoms with Gasteiger partial charge in [0, 0.05) is 23.7 Å². The molecule has 4 rings (SSSR count). The number of methoxy groups -OCH3 is 1. The van der Waals surface area contributed by atoms with E-state index in [0.29, 0.717) is 17.9 Å². The summed E-state index contributed by atoms with van der Waals surface area (Å²) in [4.78, 5) is 14.7. The van der Waals surface area contributed by atoms with Crippen LogP contribution in [0.3, 0.4) is 0 Å². The smallest absolute Gasteiger partial charge is 0.229 e. The number of benzene rings is 2. The molecule has 0 saturated carbocycles. The molecule has 1 unspecified atom stereocenters. The fourth-order valence-electron chi connectivity index (χ4n) is 3.73. The van der Waals surface area contributed by atoms with Gasteiger partial charge in [-0.25, -0.2) is 4.39 Å². The molecule has 0 aromatic heterocycles. The Morgan fingerprint density at radius 2 is 1.88 bits per heavy atom. The maximum atomic E-state index is 15.5. The number of hydrogen-bond acceptors (Lipinski definition) is 3. The lowest BCUT2D eigenvalue weighted by atomic mass is 9.80. The highest BCUT2D eigenvalue weighted by molar-refractivity contribution is 5.89. The van der Waals surface area contributed by atoms with Crippen LogP contribution in [-0.4, -0.2) is 19.6 Å². The lowest BCUT2D eigenvalue weighted by Crippen LogP contribution is -2.69. The number of amides is 1. The van der Waals surface area contributed by atoms with Gasteiger partial charge in [-0.3, -0.25) is 4.79 Å². The van der Waals surface area contributed by atoms with E-state index in [-0.39, 0.29) is 5.91 Å². The second-order valence-electron chi connectivity index (χ2n) is 7.42. The van der Waals surface area contributed by atoms with Crippen LogP contribution in [0.25, 0.3) is 6.08 Å². The average molecular weight is 352 g/mol. The van der Waals surface area contributed by atoms with Crippen molar-refractivity contribution >= 4 is 17.7 Å². The van der Waals surface area contributed by atoms with Crippen LogP contribution in [0.2, 0.25) is 0 Å². The quantitative estimate of drug-likeness (QED) is 0.893. The molecule has 1 fully saturated rings. The lowest BCUT2D eigenvalue weighted by molar-refractivity contribution is -0.133. The van der Waals surface area contributed by atoms with Gasteiger partial charge in [0.05, 0.1) is 18.2 Å². The summed E-state index contributed by atoms with van der Waals surface area (Å²) >= 11 is 0. The van der Waals surface area contributed by atoms with Crippen molar-refractivity contribution in [3.63, 3.8) is 0 Å². The average Bonchev–Trinajstić information content (AvgIpc) is 2.64. The molecule has 2 heterocycles. The van der Waals surface area contributed by atoms with Gasteiger partial charge < -0.3 is 15.0 Å². The summed E-state index contributed by atoms with van der Waals surface area (Å²) in [6.07, 6.45) is 1.50. The van der Waals surface area contributed by atoms with Gasteiger partial charge in [0.1, 0.15) is 5.75 Å². The molecule has 0 bridgehead atoms. The Bertz CT molecular complexity index is 907. The topological polar surface area (TPSA) is 41.6 Å². The first-order chi connectivity index (χ1) is 12.4. The summed E-state index contributed by atoms with van der Waals surface area (Å²) < 4.78 is 20.9. The molecule has 2 aromatic carbocycles. The summed E-state index contributed by atoms with van der Waals surface area (Å²) in [6.45, 7) is 4.12. The Labute approximate surface area is 152 Å². The second-order valence-corrected chi connectivity index (χ2v) is 7.42. The monoisotopic (exact) mass is 352 g/mol. The van der Waals surface area contributed by atoms with Crippen molar-refractivity contribution in [3.05, 3.63) is 65.5 Å². The van der Waals surface area contributed by atoms with E-state index in [9.17, 15) is 4.79 Å². The van der Waals surface area contributed by atoms with Gasteiger partial charge >= 0.3 is 0 Å². The number of hydrogen-bond donors (Lipinski definition) is 1. The first-order valence-electron chi connectivity index (χ1n) is 8.60. The molecule has 1 atom stereocenters. The van der Waals surface area contributed by atoms with Crippen LogP contribution < -0.4 is 15.0 Å². The van der Waals surface area contributed by atoms with E-state index in [1.165, 1.54) is 6.08 Å². The molecule has 0 spiro atoms. The van der Waals surface area contributed by atoms with Crippen LogP contribution in [0.1, 0.15) is 25.0 Å². The molecule has 1 amide bonds. The summed E-state index contributed by atoms with van der Waals surface area (Å²) in [5.41, 5.74) is 0.291. The number of halogens is 1. The Kier molecular flexibility index (Phi) is 3.58. The number of carbonyl (C=O) groups excluding carboxylic acids is 1. The van der Waals surface area contributed by atoms with Gasteiger partial charge in [-0.2, -0.15) is 0 Å². The molecule has 0 aliphatic carbocycles. The molecule has 2 aliphatic rings. The zero-order chi connectivity index (χ0) is 18.5. The third-order valence-electron chi connectivity index (χ3n) is 5.22. The van der Waals surface area contributed by atoms with Gasteiger partial charge in [-0.05, 0) is 32.1 Å². The van der Waals surface area contributed by atoms with Crippen molar-refractivity contribution in [1.82, 2.24) is 5.32 Å². The Morgan fingerprint density at radius 3 is 2.58 bits per heavy atom. The number of anilines is 1. The molecule has 1 saturated heterocycles. The van der Waals surface area contributed by atoms with Crippen molar-refractivity contribution < 1.29 is 13.9 Å².